The molecule has 2 aromatic carbocycles. The Morgan fingerprint density at radius 1 is 0.500 bits per heavy atom. The fourth-order valence-corrected chi connectivity index (χ4v) is 8.07. The van der Waals surface area contributed by atoms with Crippen molar-refractivity contribution < 1.29 is 78.3 Å². The van der Waals surface area contributed by atoms with Crippen LogP contribution in [-0.4, -0.2) is 127 Å². The SMILES string of the molecule is COC(=O)C#CC(=O)OC.COC(=O)[C-]=C(C(=O)OC)[Si](C(=[C-]C(=O)OC)C(=O)OC)(c1ccccc1)c1ccccc1.C[PH+](C)C.C[PH+](C)C.[Pt+2]. The van der Waals surface area contributed by atoms with Gasteiger partial charge in [-0.25, -0.2) is 9.59 Å². The van der Waals surface area contributed by atoms with Crippen molar-refractivity contribution in [2.24, 2.45) is 0 Å². The van der Waals surface area contributed by atoms with Crippen molar-refractivity contribution in [3.8, 4) is 11.8 Å². The molecule has 0 atom stereocenters. The summed E-state index contributed by atoms with van der Waals surface area (Å²) in [5.74, 6) is -1.54. The summed E-state index contributed by atoms with van der Waals surface area (Å²) < 4.78 is 27.6. The van der Waals surface area contributed by atoms with Crippen LogP contribution in [0.1, 0.15) is 0 Å². The zero-order chi connectivity index (χ0) is 39.6. The standard InChI is InChI=1S/C24H22O8Si.C6H6O4.2C3H9P.Pt/c1-29-21(25)15-19(23(27)31-3)33(17-11-7-5-8-12-17,18-13-9-6-10-14-18)20(24(28)32-4)16-22(26)30-2;1-9-5(7)3-4-6(8)10-2;2*1-4(2)3;/h5-14H,1-4H3;1-2H3;2*1-3H3;/q-2;;;;+2/p+2. The van der Waals surface area contributed by atoms with Crippen molar-refractivity contribution in [3.63, 3.8) is 0 Å². The van der Waals surface area contributed by atoms with Gasteiger partial charge in [0, 0.05) is 51.8 Å². The fraction of sp³-hybridized carbons (Fsp3) is 0.333. The second-order valence-corrected chi connectivity index (χ2v) is 20.3. The van der Waals surface area contributed by atoms with Crippen LogP contribution in [0.4, 0.5) is 0 Å². The Labute approximate surface area is 324 Å². The Bertz CT molecular complexity index is 1430. The zero-order valence-corrected chi connectivity index (χ0v) is 36.8. The van der Waals surface area contributed by atoms with E-state index >= 15 is 0 Å². The smallest absolute Gasteiger partial charge is 0.550 e. The average Bonchev–Trinajstić information content (AvgIpc) is 3.12. The molecule has 0 radical (unpaired) electrons. The second-order valence-electron chi connectivity index (χ2n) is 10.7. The van der Waals surface area contributed by atoms with Gasteiger partial charge in [0.15, 0.2) is 11.9 Å². The molecule has 52 heavy (non-hydrogen) atoms. The largest absolute Gasteiger partial charge is 2.00 e. The number of hydrogen-bond donors (Lipinski definition) is 0. The quantitative estimate of drug-likeness (QED) is 0.0556. The molecule has 0 saturated carbocycles. The Morgan fingerprint density at radius 2 is 0.769 bits per heavy atom. The summed E-state index contributed by atoms with van der Waals surface area (Å²) in [4.78, 5) is 71.3. The van der Waals surface area contributed by atoms with Crippen LogP contribution in [0.3, 0.4) is 0 Å². The molecule has 0 heterocycles. The van der Waals surface area contributed by atoms with Crippen molar-refractivity contribution >= 4 is 70.1 Å². The zero-order valence-electron chi connectivity index (χ0n) is 31.5. The van der Waals surface area contributed by atoms with Crippen LogP contribution in [-0.2, 0) is 78.3 Å². The van der Waals surface area contributed by atoms with E-state index in [1.165, 1.54) is 14.2 Å². The van der Waals surface area contributed by atoms with Gasteiger partial charge in [0.05, 0.1) is 42.7 Å². The molecule has 0 aliphatic carbocycles. The van der Waals surface area contributed by atoms with Gasteiger partial charge >= 0.3 is 33.0 Å². The first-order valence-electron chi connectivity index (χ1n) is 15.0. The molecule has 16 heteroatoms. The number of carbonyl (C=O) groups is 6. The van der Waals surface area contributed by atoms with E-state index in [0.29, 0.717) is 10.4 Å². The molecule has 0 unspecified atom stereocenters. The van der Waals surface area contributed by atoms with E-state index in [2.05, 4.69) is 61.6 Å². The number of methoxy groups -OCH3 is 6. The average molecular weight is 958 g/mol. The molecule has 12 nitrogen and oxygen atoms in total. The first-order valence-corrected chi connectivity index (χ1v) is 23.0. The molecule has 0 N–H and O–H groups in total. The third-order valence-electron chi connectivity index (χ3n) is 5.40. The van der Waals surface area contributed by atoms with Gasteiger partial charge in [0.25, 0.3) is 0 Å². The van der Waals surface area contributed by atoms with Gasteiger partial charge < -0.3 is 38.0 Å². The maximum atomic E-state index is 13.1. The van der Waals surface area contributed by atoms with Gasteiger partial charge in [0.1, 0.15) is 8.07 Å². The van der Waals surface area contributed by atoms with Crippen molar-refractivity contribution in [1.29, 1.82) is 0 Å². The van der Waals surface area contributed by atoms with Crippen molar-refractivity contribution in [2.75, 3.05) is 82.6 Å². The Morgan fingerprint density at radius 3 is 0.981 bits per heavy atom. The monoisotopic (exact) mass is 957 g/mol. The minimum Gasteiger partial charge on any atom is -0.550 e. The molecule has 2 aromatic rings. The molecule has 0 amide bonds. The summed E-state index contributed by atoms with van der Waals surface area (Å²) in [6.07, 6.45) is 4.86. The molecule has 0 spiro atoms. The number of carbonyl (C=O) groups excluding carboxylic acids is 6. The number of hydrogen-bond acceptors (Lipinski definition) is 12. The Kier molecular flexibility index (Phi) is 29.9. The summed E-state index contributed by atoms with van der Waals surface area (Å²) >= 11 is 0. The van der Waals surface area contributed by atoms with Gasteiger partial charge in [-0.2, -0.15) is 12.2 Å². The first kappa shape index (κ1) is 52.4. The van der Waals surface area contributed by atoms with Crippen molar-refractivity contribution in [2.45, 2.75) is 0 Å². The third-order valence-corrected chi connectivity index (χ3v) is 9.96. The number of benzene rings is 2. The van der Waals surface area contributed by atoms with Crippen molar-refractivity contribution in [3.05, 3.63) is 83.2 Å². The molecule has 0 saturated heterocycles. The van der Waals surface area contributed by atoms with Gasteiger partial charge in [0.2, 0.25) is 11.9 Å². The predicted molar refractivity (Wildman–Crippen MR) is 203 cm³/mol. The summed E-state index contributed by atoms with van der Waals surface area (Å²) in [5, 5.41) is 0.353. The maximum absolute atomic E-state index is 13.1. The number of esters is 6. The van der Waals surface area contributed by atoms with Crippen LogP contribution in [0, 0.1) is 24.0 Å². The first-order chi connectivity index (χ1) is 24.0. The second kappa shape index (κ2) is 29.6. The van der Waals surface area contributed by atoms with Crippen LogP contribution in [0.2, 0.25) is 0 Å². The van der Waals surface area contributed by atoms with Crippen LogP contribution >= 0.6 is 15.8 Å². The predicted octanol–water partition coefficient (Wildman–Crippen LogP) is 1.99. The van der Waals surface area contributed by atoms with Gasteiger partial charge in [-0.3, -0.25) is 9.59 Å². The Hall–Kier alpha value is -3.93. The van der Waals surface area contributed by atoms with Gasteiger partial charge in [-0.05, 0) is 26.2 Å². The van der Waals surface area contributed by atoms with E-state index in [0.717, 1.165) is 28.4 Å². The van der Waals surface area contributed by atoms with Crippen LogP contribution in [0.5, 0.6) is 0 Å². The number of rotatable bonds is 8. The summed E-state index contributed by atoms with van der Waals surface area (Å²) in [7, 11) is 3.01. The van der Waals surface area contributed by atoms with Crippen LogP contribution in [0.15, 0.2) is 71.1 Å². The van der Waals surface area contributed by atoms with E-state index in [-0.39, 0.29) is 47.3 Å². The fourth-order valence-electron chi connectivity index (χ4n) is 3.56. The summed E-state index contributed by atoms with van der Waals surface area (Å²) in [6, 6.07) is 16.9. The van der Waals surface area contributed by atoms with Crippen LogP contribution in [0.25, 0.3) is 0 Å². The molecule has 0 bridgehead atoms. The Balaban J connectivity index is -0.00000104. The van der Waals surface area contributed by atoms with E-state index in [9.17, 15) is 28.8 Å². The molecule has 0 fully saturated rings. The van der Waals surface area contributed by atoms with E-state index < -0.39 is 43.9 Å². The molecule has 0 aromatic heterocycles. The topological polar surface area (TPSA) is 158 Å². The molecule has 286 valence electrons. The van der Waals surface area contributed by atoms with E-state index in [4.69, 9.17) is 18.9 Å². The maximum Gasteiger partial charge on any atom is 2.00 e. The van der Waals surface area contributed by atoms with Crippen molar-refractivity contribution in [1.82, 2.24) is 0 Å². The van der Waals surface area contributed by atoms with Gasteiger partial charge in [-0.15, -0.1) is 10.4 Å². The normalized spacial score (nSPS) is 10.3. The molecular weight excluding hydrogens is 909 g/mol. The summed E-state index contributed by atoms with van der Waals surface area (Å²) in [6.45, 7) is 13.6. The van der Waals surface area contributed by atoms with Crippen LogP contribution < -0.4 is 10.4 Å². The molecular formula is C36H48O12P2PtSi+2. The molecule has 0 aliphatic heterocycles. The van der Waals surface area contributed by atoms with E-state index in [1.807, 2.05) is 11.8 Å². The minimum atomic E-state index is -4.07. The summed E-state index contributed by atoms with van der Waals surface area (Å²) in [5.41, 5.74) is 0. The van der Waals surface area contributed by atoms with Gasteiger partial charge in [-0.1, -0.05) is 60.7 Å². The molecule has 0 aliphatic rings. The molecule has 2 rings (SSSR count). The number of ether oxygens (including phenoxy) is 6. The minimum absolute atomic E-state index is 0. The third kappa shape index (κ3) is 19.6. The van der Waals surface area contributed by atoms with E-state index in [1.54, 1.807) is 60.7 Å².